The van der Waals surface area contributed by atoms with Gasteiger partial charge in [0.25, 0.3) is 5.91 Å². The Hall–Kier alpha value is -1.91. The summed E-state index contributed by atoms with van der Waals surface area (Å²) in [6, 6.07) is 15.8. The van der Waals surface area contributed by atoms with Gasteiger partial charge in [-0.3, -0.25) is 4.79 Å². The predicted molar refractivity (Wildman–Crippen MR) is 97.7 cm³/mol. The fraction of sp³-hybridized carbons (Fsp3) is 0.211. The first kappa shape index (κ1) is 15.6. The maximum Gasteiger partial charge on any atom is 0.287 e. The highest BCUT2D eigenvalue weighted by atomic mass is 35.5. The number of hydrogen-bond donors (Lipinski definition) is 1. The monoisotopic (exact) mass is 357 g/mol. The van der Waals surface area contributed by atoms with Gasteiger partial charge in [0, 0.05) is 32.7 Å². The van der Waals surface area contributed by atoms with Crippen LogP contribution in [0.3, 0.4) is 0 Å². The van der Waals surface area contributed by atoms with Gasteiger partial charge >= 0.3 is 0 Å². The highest BCUT2D eigenvalue weighted by molar-refractivity contribution is 7.98. The number of fused-ring (bicyclic) bond motifs is 1. The number of carbonyl (C=O) groups excluding carboxylic acids is 1. The van der Waals surface area contributed by atoms with Gasteiger partial charge in [-0.25, -0.2) is 0 Å². The number of para-hydroxylation sites is 1. The molecule has 3 aromatic rings. The van der Waals surface area contributed by atoms with Crippen molar-refractivity contribution >= 4 is 40.2 Å². The molecule has 0 saturated heterocycles. The second kappa shape index (κ2) is 6.54. The molecule has 1 amide bonds. The third-order valence-electron chi connectivity index (χ3n) is 4.01. The molecule has 4 rings (SSSR count). The minimum atomic E-state index is -0.111. The van der Waals surface area contributed by atoms with Crippen LogP contribution in [-0.2, 0) is 5.75 Å². The van der Waals surface area contributed by atoms with Crippen LogP contribution < -0.4 is 5.32 Å². The van der Waals surface area contributed by atoms with E-state index in [9.17, 15) is 4.79 Å². The number of halogens is 1. The quantitative estimate of drug-likeness (QED) is 0.632. The Labute approximate surface area is 149 Å². The lowest BCUT2D eigenvalue weighted by molar-refractivity contribution is 0.0924. The van der Waals surface area contributed by atoms with Crippen molar-refractivity contribution in [1.29, 1.82) is 0 Å². The molecule has 1 aliphatic carbocycles. The lowest BCUT2D eigenvalue weighted by Crippen LogP contribution is -2.25. The highest BCUT2D eigenvalue weighted by Gasteiger charge is 2.27. The average molecular weight is 358 g/mol. The zero-order chi connectivity index (χ0) is 16.5. The van der Waals surface area contributed by atoms with Gasteiger partial charge in [0.15, 0.2) is 5.76 Å². The molecule has 24 heavy (non-hydrogen) atoms. The summed E-state index contributed by atoms with van der Waals surface area (Å²) in [6.45, 7) is 0. The van der Waals surface area contributed by atoms with Gasteiger partial charge in [-0.2, -0.15) is 0 Å². The fourth-order valence-corrected chi connectivity index (χ4v) is 3.64. The van der Waals surface area contributed by atoms with Crippen molar-refractivity contribution in [3.8, 4) is 0 Å². The Morgan fingerprint density at radius 3 is 2.67 bits per heavy atom. The molecule has 0 aliphatic heterocycles. The zero-order valence-corrected chi connectivity index (χ0v) is 14.5. The standard InChI is InChI=1S/C19H16ClNO2S/c20-12-5-9-14(10-6-12)24-11-16-15-3-1-2-4-17(15)23-18(16)19(22)21-13-7-8-13/h1-6,9-10,13H,7-8,11H2,(H,21,22). The molecule has 0 bridgehead atoms. The molecule has 1 aliphatic rings. The summed E-state index contributed by atoms with van der Waals surface area (Å²) in [7, 11) is 0. The maximum atomic E-state index is 12.5. The Bertz CT molecular complexity index is 884. The first-order valence-electron chi connectivity index (χ1n) is 7.90. The van der Waals surface area contributed by atoms with E-state index in [2.05, 4.69) is 5.32 Å². The molecule has 0 radical (unpaired) electrons. The van der Waals surface area contributed by atoms with Crippen LogP contribution in [0.2, 0.25) is 5.02 Å². The molecule has 0 spiro atoms. The van der Waals surface area contributed by atoms with E-state index in [0.29, 0.717) is 17.6 Å². The first-order valence-corrected chi connectivity index (χ1v) is 9.27. The number of rotatable bonds is 5. The number of hydrogen-bond acceptors (Lipinski definition) is 3. The van der Waals surface area contributed by atoms with Crippen LogP contribution >= 0.6 is 23.4 Å². The van der Waals surface area contributed by atoms with Crippen LogP contribution in [0.5, 0.6) is 0 Å². The van der Waals surface area contributed by atoms with E-state index in [4.69, 9.17) is 16.0 Å². The molecular formula is C19H16ClNO2S. The average Bonchev–Trinajstić information content (AvgIpc) is 3.33. The first-order chi connectivity index (χ1) is 11.7. The SMILES string of the molecule is O=C(NC1CC1)c1oc2ccccc2c1CSc1ccc(Cl)cc1. The summed E-state index contributed by atoms with van der Waals surface area (Å²) >= 11 is 7.60. The lowest BCUT2D eigenvalue weighted by Gasteiger charge is -2.05. The Morgan fingerprint density at radius 2 is 1.92 bits per heavy atom. The molecule has 1 saturated carbocycles. The number of furan rings is 1. The fourth-order valence-electron chi connectivity index (χ4n) is 2.59. The molecule has 0 unspecified atom stereocenters. The molecule has 2 aromatic carbocycles. The molecular weight excluding hydrogens is 342 g/mol. The van der Waals surface area contributed by atoms with Crippen molar-refractivity contribution in [3.05, 3.63) is 64.9 Å². The van der Waals surface area contributed by atoms with Crippen LogP contribution in [-0.4, -0.2) is 11.9 Å². The summed E-state index contributed by atoms with van der Waals surface area (Å²) in [5.41, 5.74) is 1.70. The van der Waals surface area contributed by atoms with Crippen molar-refractivity contribution in [2.75, 3.05) is 0 Å². The second-order valence-corrected chi connectivity index (χ2v) is 7.38. The van der Waals surface area contributed by atoms with E-state index in [0.717, 1.165) is 39.3 Å². The van der Waals surface area contributed by atoms with Crippen LogP contribution in [0.25, 0.3) is 11.0 Å². The van der Waals surface area contributed by atoms with Crippen molar-refractivity contribution in [1.82, 2.24) is 5.32 Å². The van der Waals surface area contributed by atoms with Gasteiger partial charge in [0.2, 0.25) is 0 Å². The summed E-state index contributed by atoms with van der Waals surface area (Å²) in [6.07, 6.45) is 2.11. The number of amides is 1. The summed E-state index contributed by atoms with van der Waals surface area (Å²) in [4.78, 5) is 13.6. The minimum Gasteiger partial charge on any atom is -0.451 e. The smallest absolute Gasteiger partial charge is 0.287 e. The van der Waals surface area contributed by atoms with E-state index in [1.165, 1.54) is 0 Å². The highest BCUT2D eigenvalue weighted by Crippen LogP contribution is 2.33. The minimum absolute atomic E-state index is 0.111. The van der Waals surface area contributed by atoms with Crippen molar-refractivity contribution in [2.45, 2.75) is 29.5 Å². The van der Waals surface area contributed by atoms with Crippen molar-refractivity contribution < 1.29 is 9.21 Å². The lowest BCUT2D eigenvalue weighted by atomic mass is 10.1. The van der Waals surface area contributed by atoms with Crippen molar-refractivity contribution in [3.63, 3.8) is 0 Å². The molecule has 3 nitrogen and oxygen atoms in total. The number of thioether (sulfide) groups is 1. The number of nitrogens with one attached hydrogen (secondary N) is 1. The Kier molecular flexibility index (Phi) is 4.25. The zero-order valence-electron chi connectivity index (χ0n) is 12.9. The van der Waals surface area contributed by atoms with Crippen LogP contribution in [0.15, 0.2) is 57.8 Å². The third kappa shape index (κ3) is 3.30. The molecule has 122 valence electrons. The van der Waals surface area contributed by atoms with Gasteiger partial charge in [0.1, 0.15) is 5.58 Å². The normalized spacial score (nSPS) is 14.0. The molecule has 1 N–H and O–H groups in total. The van der Waals surface area contributed by atoms with Gasteiger partial charge in [0.05, 0.1) is 0 Å². The third-order valence-corrected chi connectivity index (χ3v) is 5.30. The Morgan fingerprint density at radius 1 is 1.17 bits per heavy atom. The molecule has 0 atom stereocenters. The van der Waals surface area contributed by atoms with E-state index < -0.39 is 0 Å². The second-order valence-electron chi connectivity index (χ2n) is 5.90. The van der Waals surface area contributed by atoms with Crippen LogP contribution in [0, 0.1) is 0 Å². The van der Waals surface area contributed by atoms with Gasteiger partial charge in [-0.1, -0.05) is 29.8 Å². The van der Waals surface area contributed by atoms with Gasteiger partial charge < -0.3 is 9.73 Å². The van der Waals surface area contributed by atoms with E-state index in [-0.39, 0.29) is 5.91 Å². The van der Waals surface area contributed by atoms with E-state index in [1.807, 2.05) is 48.5 Å². The number of carbonyl (C=O) groups is 1. The van der Waals surface area contributed by atoms with Crippen molar-refractivity contribution in [2.24, 2.45) is 0 Å². The molecule has 1 aromatic heterocycles. The summed E-state index contributed by atoms with van der Waals surface area (Å²) in [5.74, 6) is 0.997. The van der Waals surface area contributed by atoms with E-state index >= 15 is 0 Å². The Balaban J connectivity index is 1.63. The van der Waals surface area contributed by atoms with E-state index in [1.54, 1.807) is 11.8 Å². The summed E-state index contributed by atoms with van der Waals surface area (Å²) in [5, 5.41) is 4.74. The largest absolute Gasteiger partial charge is 0.451 e. The van der Waals surface area contributed by atoms with Crippen LogP contribution in [0.1, 0.15) is 29.0 Å². The number of benzene rings is 2. The topological polar surface area (TPSA) is 42.2 Å². The molecule has 5 heteroatoms. The molecule has 1 heterocycles. The van der Waals surface area contributed by atoms with Gasteiger partial charge in [-0.05, 0) is 43.2 Å². The maximum absolute atomic E-state index is 12.5. The molecule has 1 fully saturated rings. The summed E-state index contributed by atoms with van der Waals surface area (Å²) < 4.78 is 5.85. The van der Waals surface area contributed by atoms with Crippen LogP contribution in [0.4, 0.5) is 0 Å². The van der Waals surface area contributed by atoms with Gasteiger partial charge in [-0.15, -0.1) is 11.8 Å². The predicted octanol–water partition coefficient (Wildman–Crippen LogP) is 5.27.